The number of carbonyl (C=O) groups is 1. The van der Waals surface area contributed by atoms with E-state index < -0.39 is 17.8 Å². The van der Waals surface area contributed by atoms with Crippen molar-refractivity contribution in [1.82, 2.24) is 0 Å². The fourth-order valence-corrected chi connectivity index (χ4v) is 1.41. The molecule has 0 aromatic heterocycles. The highest BCUT2D eigenvalue weighted by Crippen LogP contribution is 2.26. The second-order valence-corrected chi connectivity index (χ2v) is 3.53. The Kier molecular flexibility index (Phi) is 3.84. The van der Waals surface area contributed by atoms with E-state index in [-0.39, 0.29) is 6.42 Å². The first-order valence-corrected chi connectivity index (χ1v) is 4.77. The monoisotopic (exact) mass is 227 g/mol. The van der Waals surface area contributed by atoms with Crippen LogP contribution in [-0.2, 0) is 4.79 Å². The maximum Gasteiger partial charge on any atom is 0.305 e. The Balaban J connectivity index is 3.05. The average molecular weight is 227 g/mol. The van der Waals surface area contributed by atoms with Gasteiger partial charge in [-0.25, -0.2) is 4.39 Å². The van der Waals surface area contributed by atoms with Gasteiger partial charge in [-0.3, -0.25) is 4.79 Å². The van der Waals surface area contributed by atoms with Crippen LogP contribution in [0.4, 0.5) is 4.39 Å². The van der Waals surface area contributed by atoms with Crippen molar-refractivity contribution >= 4 is 5.97 Å². The first-order valence-electron chi connectivity index (χ1n) is 4.77. The number of rotatable bonds is 4. The molecule has 5 heteroatoms. The summed E-state index contributed by atoms with van der Waals surface area (Å²) >= 11 is 0. The van der Waals surface area contributed by atoms with Crippen molar-refractivity contribution in [3.05, 3.63) is 29.1 Å². The van der Waals surface area contributed by atoms with Gasteiger partial charge in [-0.05, 0) is 24.6 Å². The number of ether oxygens (including phenoxy) is 1. The molecule has 0 radical (unpaired) electrons. The van der Waals surface area contributed by atoms with Crippen LogP contribution in [0.25, 0.3) is 0 Å². The molecule has 0 spiro atoms. The summed E-state index contributed by atoms with van der Waals surface area (Å²) in [6.07, 6.45) is -0.244. The zero-order chi connectivity index (χ0) is 12.3. The van der Waals surface area contributed by atoms with E-state index in [1.54, 1.807) is 13.0 Å². The summed E-state index contributed by atoms with van der Waals surface area (Å²) in [6.45, 7) is 1.58. The van der Waals surface area contributed by atoms with Crippen molar-refractivity contribution in [2.45, 2.75) is 19.4 Å². The maximum atomic E-state index is 13.4. The molecule has 4 nitrogen and oxygen atoms in total. The first kappa shape index (κ1) is 12.4. The van der Waals surface area contributed by atoms with Crippen molar-refractivity contribution in [3.63, 3.8) is 0 Å². The van der Waals surface area contributed by atoms with Crippen molar-refractivity contribution in [3.8, 4) is 5.75 Å². The number of carboxylic acids is 1. The predicted octanol–water partition coefficient (Wildman–Crippen LogP) is 1.62. The molecule has 0 aliphatic carbocycles. The molecule has 0 saturated carbocycles. The molecular weight excluding hydrogens is 213 g/mol. The average Bonchev–Trinajstić information content (AvgIpc) is 2.20. The summed E-state index contributed by atoms with van der Waals surface area (Å²) in [5, 5.41) is 8.59. The zero-order valence-electron chi connectivity index (χ0n) is 9.16. The molecule has 0 saturated heterocycles. The lowest BCUT2D eigenvalue weighted by molar-refractivity contribution is -0.137. The van der Waals surface area contributed by atoms with E-state index in [1.807, 2.05) is 0 Å². The van der Waals surface area contributed by atoms with E-state index in [9.17, 15) is 9.18 Å². The van der Waals surface area contributed by atoms with Crippen LogP contribution in [0.5, 0.6) is 5.75 Å². The van der Waals surface area contributed by atoms with Crippen LogP contribution in [0.1, 0.15) is 23.6 Å². The van der Waals surface area contributed by atoms with Crippen molar-refractivity contribution in [2.75, 3.05) is 7.11 Å². The Labute approximate surface area is 92.8 Å². The number of carboxylic acid groups (broad SMARTS) is 1. The zero-order valence-corrected chi connectivity index (χ0v) is 9.16. The molecule has 1 unspecified atom stereocenters. The Hall–Kier alpha value is -1.62. The lowest BCUT2D eigenvalue weighted by atomic mass is 10.0. The molecule has 0 heterocycles. The number of halogens is 1. The number of aliphatic carboxylic acids is 1. The van der Waals surface area contributed by atoms with Gasteiger partial charge in [-0.1, -0.05) is 0 Å². The van der Waals surface area contributed by atoms with Gasteiger partial charge in [-0.15, -0.1) is 0 Å². The van der Waals surface area contributed by atoms with Crippen molar-refractivity contribution < 1.29 is 19.0 Å². The first-order chi connectivity index (χ1) is 7.45. The van der Waals surface area contributed by atoms with E-state index in [2.05, 4.69) is 0 Å². The minimum absolute atomic E-state index is 0.244. The molecule has 0 aliphatic rings. The summed E-state index contributed by atoms with van der Waals surface area (Å²) in [5.41, 5.74) is 6.44. The summed E-state index contributed by atoms with van der Waals surface area (Å²) in [5.74, 6) is -1.10. The molecule has 1 atom stereocenters. The van der Waals surface area contributed by atoms with Crippen LogP contribution in [0.15, 0.2) is 12.1 Å². The van der Waals surface area contributed by atoms with Gasteiger partial charge in [0.05, 0.1) is 13.5 Å². The number of hydrogen-bond acceptors (Lipinski definition) is 3. The van der Waals surface area contributed by atoms with Crippen LogP contribution in [0.3, 0.4) is 0 Å². The number of benzene rings is 1. The van der Waals surface area contributed by atoms with Crippen LogP contribution < -0.4 is 10.5 Å². The predicted molar refractivity (Wildman–Crippen MR) is 56.9 cm³/mol. The van der Waals surface area contributed by atoms with Crippen LogP contribution in [-0.4, -0.2) is 18.2 Å². The van der Waals surface area contributed by atoms with Crippen LogP contribution >= 0.6 is 0 Å². The van der Waals surface area contributed by atoms with Crippen LogP contribution in [0.2, 0.25) is 0 Å². The molecule has 88 valence electrons. The highest BCUT2D eigenvalue weighted by atomic mass is 19.1. The largest absolute Gasteiger partial charge is 0.496 e. The smallest absolute Gasteiger partial charge is 0.305 e. The topological polar surface area (TPSA) is 72.5 Å². The molecule has 0 aliphatic heterocycles. The third kappa shape index (κ3) is 2.70. The molecule has 3 N–H and O–H groups in total. The second-order valence-electron chi connectivity index (χ2n) is 3.53. The van der Waals surface area contributed by atoms with Gasteiger partial charge < -0.3 is 15.6 Å². The summed E-state index contributed by atoms with van der Waals surface area (Å²) < 4.78 is 18.4. The van der Waals surface area contributed by atoms with Gasteiger partial charge in [0.15, 0.2) is 0 Å². The van der Waals surface area contributed by atoms with E-state index >= 15 is 0 Å². The van der Waals surface area contributed by atoms with E-state index in [1.165, 1.54) is 13.2 Å². The maximum absolute atomic E-state index is 13.4. The minimum Gasteiger partial charge on any atom is -0.496 e. The van der Waals surface area contributed by atoms with Gasteiger partial charge in [-0.2, -0.15) is 0 Å². The highest BCUT2D eigenvalue weighted by molar-refractivity contribution is 5.68. The fraction of sp³-hybridized carbons (Fsp3) is 0.364. The molecular formula is C11H14FNO3. The van der Waals surface area contributed by atoms with Gasteiger partial charge in [0, 0.05) is 11.6 Å². The molecule has 16 heavy (non-hydrogen) atoms. The quantitative estimate of drug-likeness (QED) is 0.819. The SMILES string of the molecule is COc1cc(C(N)CC(=O)O)cc(F)c1C. The Morgan fingerprint density at radius 2 is 2.25 bits per heavy atom. The van der Waals surface area contributed by atoms with Crippen LogP contribution in [0, 0.1) is 12.7 Å². The van der Waals surface area contributed by atoms with E-state index in [4.69, 9.17) is 15.6 Å². The number of nitrogens with two attached hydrogens (primary N) is 1. The highest BCUT2D eigenvalue weighted by Gasteiger charge is 2.15. The summed E-state index contributed by atoms with van der Waals surface area (Å²) in [4.78, 5) is 10.5. The third-order valence-electron chi connectivity index (χ3n) is 2.36. The van der Waals surface area contributed by atoms with Gasteiger partial charge in [0.25, 0.3) is 0 Å². The lowest BCUT2D eigenvalue weighted by Gasteiger charge is -2.13. The van der Waals surface area contributed by atoms with Gasteiger partial charge >= 0.3 is 5.97 Å². The Morgan fingerprint density at radius 1 is 1.62 bits per heavy atom. The second kappa shape index (κ2) is 4.94. The third-order valence-corrected chi connectivity index (χ3v) is 2.36. The molecule has 1 rings (SSSR count). The van der Waals surface area contributed by atoms with Gasteiger partial charge in [0.1, 0.15) is 11.6 Å². The van der Waals surface area contributed by atoms with Crippen molar-refractivity contribution in [2.24, 2.45) is 5.73 Å². The minimum atomic E-state index is -1.02. The fourth-order valence-electron chi connectivity index (χ4n) is 1.41. The molecule has 0 amide bonds. The molecule has 1 aromatic rings. The summed E-state index contributed by atoms with van der Waals surface area (Å²) in [6, 6.07) is 2.07. The van der Waals surface area contributed by atoms with Gasteiger partial charge in [0.2, 0.25) is 0 Å². The Morgan fingerprint density at radius 3 is 2.75 bits per heavy atom. The lowest BCUT2D eigenvalue weighted by Crippen LogP contribution is -2.15. The van der Waals surface area contributed by atoms with E-state index in [0.717, 1.165) is 0 Å². The normalized spacial score (nSPS) is 12.2. The number of methoxy groups -OCH3 is 1. The molecule has 0 bridgehead atoms. The Bertz CT molecular complexity index is 406. The number of hydrogen-bond donors (Lipinski definition) is 2. The standard InChI is InChI=1S/C11H14FNO3/c1-6-8(12)3-7(4-10(6)16-2)9(13)5-11(14)15/h3-4,9H,5,13H2,1-2H3,(H,14,15). The molecule has 0 fully saturated rings. The van der Waals surface area contributed by atoms with Crippen molar-refractivity contribution in [1.29, 1.82) is 0 Å². The summed E-state index contributed by atoms with van der Waals surface area (Å²) in [7, 11) is 1.42. The van der Waals surface area contributed by atoms with E-state index in [0.29, 0.717) is 16.9 Å². The molecule has 1 aromatic carbocycles.